The van der Waals surface area contributed by atoms with Crippen LogP contribution < -0.4 is 0 Å². The van der Waals surface area contributed by atoms with Crippen LogP contribution in [0.15, 0.2) is 12.1 Å². The molecule has 0 saturated carbocycles. The Kier molecular flexibility index (Phi) is 1.94. The summed E-state index contributed by atoms with van der Waals surface area (Å²) in [6, 6.07) is 0. The van der Waals surface area contributed by atoms with Crippen LogP contribution in [0, 0.1) is 0 Å². The van der Waals surface area contributed by atoms with Crippen LogP contribution in [-0.4, -0.2) is 19.6 Å². The van der Waals surface area contributed by atoms with E-state index in [1.165, 1.54) is 0 Å². The molecule has 0 aromatic carbocycles. The van der Waals surface area contributed by atoms with Gasteiger partial charge >= 0.3 is 0 Å². The number of hydrogen-bond donors (Lipinski definition) is 1. The van der Waals surface area contributed by atoms with Gasteiger partial charge in [-0.15, -0.1) is 12.1 Å². The minimum absolute atomic E-state index is 0.111. The van der Waals surface area contributed by atoms with Crippen LogP contribution in [0.2, 0.25) is 0 Å². The van der Waals surface area contributed by atoms with Crippen molar-refractivity contribution in [3.05, 3.63) is 12.1 Å². The monoisotopic (exact) mass is 68.0 g/mol. The van der Waals surface area contributed by atoms with Crippen molar-refractivity contribution >= 4 is 7.85 Å². The van der Waals surface area contributed by atoms with Gasteiger partial charge in [0.1, 0.15) is 7.85 Å². The molecule has 1 nitrogen and oxygen atoms in total. The summed E-state index contributed by atoms with van der Waals surface area (Å²) >= 11 is 0. The molecule has 1 N–H and O–H groups in total. The molecule has 5 heavy (non-hydrogen) atoms. The van der Waals surface area contributed by atoms with Gasteiger partial charge in [0.15, 0.2) is 0 Å². The van der Waals surface area contributed by atoms with Gasteiger partial charge in [0, 0.05) is 0 Å². The van der Waals surface area contributed by atoms with Crippen molar-refractivity contribution in [2.45, 2.75) is 0 Å². The van der Waals surface area contributed by atoms with Gasteiger partial charge in [0.05, 0.1) is 6.61 Å². The number of aliphatic hydroxyl groups excluding tert-OH is 1. The molecule has 0 spiro atoms. The lowest BCUT2D eigenvalue weighted by Gasteiger charge is -1.80. The predicted octanol–water partition coefficient (Wildman–Crippen LogP) is -0.339. The molecule has 0 fully saturated rings. The predicted molar refractivity (Wildman–Crippen MR) is 22.0 cm³/mol. The fourth-order valence-electron chi connectivity index (χ4n) is 0. The second kappa shape index (κ2) is 2.03. The van der Waals surface area contributed by atoms with Gasteiger partial charge in [-0.3, -0.25) is 0 Å². The lowest BCUT2D eigenvalue weighted by molar-refractivity contribution is 0.339. The van der Waals surface area contributed by atoms with Crippen molar-refractivity contribution in [1.82, 2.24) is 0 Å². The summed E-state index contributed by atoms with van der Waals surface area (Å²) in [5, 5.41) is 7.92. The summed E-state index contributed by atoms with van der Waals surface area (Å²) in [4.78, 5) is 0. The van der Waals surface area contributed by atoms with Gasteiger partial charge < -0.3 is 5.11 Å². The van der Waals surface area contributed by atoms with Crippen molar-refractivity contribution in [3.63, 3.8) is 0 Å². The summed E-state index contributed by atoms with van der Waals surface area (Å²) < 4.78 is 0. The summed E-state index contributed by atoms with van der Waals surface area (Å²) in [7, 11) is 4.85. The number of aliphatic hydroxyl groups is 1. The summed E-state index contributed by atoms with van der Waals surface area (Å²) in [6.07, 6.45) is 0. The molecule has 0 aliphatic heterocycles. The highest BCUT2D eigenvalue weighted by molar-refractivity contribution is 6.21. The molecule has 0 heterocycles. The molecule has 0 saturated heterocycles. The van der Waals surface area contributed by atoms with E-state index in [0.717, 1.165) is 0 Å². The maximum absolute atomic E-state index is 7.92. The van der Waals surface area contributed by atoms with Gasteiger partial charge in [0.2, 0.25) is 0 Å². The molecule has 0 atom stereocenters. The highest BCUT2D eigenvalue weighted by Crippen LogP contribution is 1.69. The molecular weight excluding hydrogens is 62.8 g/mol. The molecular formula is C3H5BO. The van der Waals surface area contributed by atoms with Crippen molar-refractivity contribution in [3.8, 4) is 0 Å². The molecule has 2 heteroatoms. The largest absolute Gasteiger partial charge is 0.393 e. The van der Waals surface area contributed by atoms with Crippen molar-refractivity contribution in [2.75, 3.05) is 6.61 Å². The normalized spacial score (nSPS) is 7.40. The van der Waals surface area contributed by atoms with Gasteiger partial charge in [0.25, 0.3) is 0 Å². The minimum atomic E-state index is -0.111. The lowest BCUT2D eigenvalue weighted by Crippen LogP contribution is -1.82. The van der Waals surface area contributed by atoms with Gasteiger partial charge in [-0.05, 0) is 0 Å². The zero-order valence-electron chi connectivity index (χ0n) is 2.94. The third-order valence-corrected chi connectivity index (χ3v) is 0.203. The van der Waals surface area contributed by atoms with Crippen LogP contribution in [0.25, 0.3) is 0 Å². The second-order valence-electron chi connectivity index (χ2n) is 0.816. The first-order valence-electron chi connectivity index (χ1n) is 1.31. The first-order valence-corrected chi connectivity index (χ1v) is 1.31. The smallest absolute Gasteiger partial charge is 0.110 e. The quantitative estimate of drug-likeness (QED) is 0.417. The second-order valence-corrected chi connectivity index (χ2v) is 0.816. The fourth-order valence-corrected chi connectivity index (χ4v) is 0. The van der Waals surface area contributed by atoms with Crippen molar-refractivity contribution in [1.29, 1.82) is 0 Å². The summed E-state index contributed by atoms with van der Waals surface area (Å²) in [6.45, 7) is 3.09. The summed E-state index contributed by atoms with van der Waals surface area (Å²) in [5.74, 6) is 0. The molecule has 0 aliphatic rings. The molecule has 0 bridgehead atoms. The van der Waals surface area contributed by atoms with Crippen molar-refractivity contribution in [2.24, 2.45) is 0 Å². The third-order valence-electron chi connectivity index (χ3n) is 0.203. The van der Waals surface area contributed by atoms with E-state index in [1.807, 2.05) is 0 Å². The molecule has 0 unspecified atom stereocenters. The average Bonchev–Trinajstić information content (AvgIpc) is 1.38. The zero-order chi connectivity index (χ0) is 4.28. The first-order chi connectivity index (χ1) is 2.27. The topological polar surface area (TPSA) is 20.2 Å². The van der Waals surface area contributed by atoms with Crippen LogP contribution in [0.4, 0.5) is 0 Å². The molecule has 0 rings (SSSR count). The van der Waals surface area contributed by atoms with E-state index >= 15 is 0 Å². The minimum Gasteiger partial charge on any atom is -0.393 e. The maximum Gasteiger partial charge on any atom is 0.110 e. The van der Waals surface area contributed by atoms with Crippen LogP contribution >= 0.6 is 0 Å². The van der Waals surface area contributed by atoms with E-state index in [9.17, 15) is 0 Å². The Morgan fingerprint density at radius 1 is 2.00 bits per heavy atom. The van der Waals surface area contributed by atoms with E-state index in [1.54, 1.807) is 0 Å². The number of rotatable bonds is 1. The Morgan fingerprint density at radius 3 is 2.20 bits per heavy atom. The van der Waals surface area contributed by atoms with E-state index in [2.05, 4.69) is 6.58 Å². The van der Waals surface area contributed by atoms with Crippen LogP contribution in [0.3, 0.4) is 0 Å². The SMILES string of the molecule is [B]C(=C)CO. The van der Waals surface area contributed by atoms with Crippen LogP contribution in [0.1, 0.15) is 0 Å². The van der Waals surface area contributed by atoms with E-state index < -0.39 is 0 Å². The van der Waals surface area contributed by atoms with Gasteiger partial charge in [-0.2, -0.15) is 0 Å². The Labute approximate surface area is 32.7 Å². The van der Waals surface area contributed by atoms with Crippen molar-refractivity contribution < 1.29 is 5.11 Å². The Bertz CT molecular complexity index is 42.2. The Hall–Kier alpha value is -0.235. The molecule has 2 radical (unpaired) electrons. The molecule has 26 valence electrons. The Balaban J connectivity index is 2.85. The molecule has 0 aromatic heterocycles. The average molecular weight is 67.9 g/mol. The van der Waals surface area contributed by atoms with Gasteiger partial charge in [-0.25, -0.2) is 0 Å². The third kappa shape index (κ3) is 3.76. The van der Waals surface area contributed by atoms with Crippen LogP contribution in [-0.2, 0) is 0 Å². The van der Waals surface area contributed by atoms with E-state index in [4.69, 9.17) is 13.0 Å². The van der Waals surface area contributed by atoms with Gasteiger partial charge in [-0.1, -0.05) is 0 Å². The standard InChI is InChI=1S/C3H5BO/c1-3(4)2-5/h5H,1-2H2. The highest BCUT2D eigenvalue weighted by Gasteiger charge is 1.69. The molecule has 0 aromatic rings. The number of hydrogen-bond acceptors (Lipinski definition) is 1. The highest BCUT2D eigenvalue weighted by atomic mass is 16.3. The fraction of sp³-hybridized carbons (Fsp3) is 0.333. The Morgan fingerprint density at radius 2 is 2.20 bits per heavy atom. The summed E-state index contributed by atoms with van der Waals surface area (Å²) in [5.41, 5.74) is 0.310. The lowest BCUT2D eigenvalue weighted by atomic mass is 10.00. The zero-order valence-corrected chi connectivity index (χ0v) is 2.94. The molecule has 0 aliphatic carbocycles. The first kappa shape index (κ1) is 4.76. The van der Waals surface area contributed by atoms with E-state index in [-0.39, 0.29) is 6.61 Å². The van der Waals surface area contributed by atoms with E-state index in [0.29, 0.717) is 5.47 Å². The van der Waals surface area contributed by atoms with Crippen LogP contribution in [0.5, 0.6) is 0 Å². The molecule has 0 amide bonds. The maximum atomic E-state index is 7.92.